The highest BCUT2D eigenvalue weighted by atomic mass is 19.4. The van der Waals surface area contributed by atoms with Crippen molar-refractivity contribution in [1.29, 1.82) is 5.41 Å². The van der Waals surface area contributed by atoms with Crippen LogP contribution < -0.4 is 15.4 Å². The van der Waals surface area contributed by atoms with E-state index in [0.29, 0.717) is 28.3 Å². The van der Waals surface area contributed by atoms with E-state index in [-0.39, 0.29) is 22.9 Å². The lowest BCUT2D eigenvalue weighted by Gasteiger charge is -2.15. The Hall–Kier alpha value is -4.80. The van der Waals surface area contributed by atoms with Crippen molar-refractivity contribution in [2.45, 2.75) is 13.1 Å². The molecule has 37 heavy (non-hydrogen) atoms. The number of hydrogen-bond donors (Lipinski definition) is 3. The lowest BCUT2D eigenvalue weighted by Crippen LogP contribution is -2.13. The van der Waals surface area contributed by atoms with E-state index in [4.69, 9.17) is 10.1 Å². The van der Waals surface area contributed by atoms with Gasteiger partial charge in [0.2, 0.25) is 5.88 Å². The summed E-state index contributed by atoms with van der Waals surface area (Å²) >= 11 is 0. The Morgan fingerprint density at radius 3 is 2.49 bits per heavy atom. The molecular formula is C26H21F3N6O2. The standard InChI is InChI=1S/C26H21F3N6O2/c1-15-6-7-17(24(36)33-19-5-3-4-18(13-19)26(27,28)29)12-21(15)37-25-20(14-30)23(31-2)34-22(35-25)16-8-10-32-11-9-16/h3-14,30H,1-2H3,(H,33,36)(H,31,34,35). The van der Waals surface area contributed by atoms with Crippen LogP contribution in [-0.4, -0.2) is 34.1 Å². The fraction of sp³-hybridized carbons (Fsp3) is 0.115. The number of nitrogens with zero attached hydrogens (tertiary/aromatic N) is 3. The van der Waals surface area contributed by atoms with Gasteiger partial charge in [-0.15, -0.1) is 0 Å². The monoisotopic (exact) mass is 506 g/mol. The van der Waals surface area contributed by atoms with Crippen molar-refractivity contribution in [3.8, 4) is 23.0 Å². The van der Waals surface area contributed by atoms with Crippen molar-refractivity contribution in [2.24, 2.45) is 0 Å². The van der Waals surface area contributed by atoms with E-state index in [1.54, 1.807) is 44.6 Å². The van der Waals surface area contributed by atoms with Gasteiger partial charge in [-0.2, -0.15) is 18.2 Å². The number of alkyl halides is 3. The largest absolute Gasteiger partial charge is 0.438 e. The zero-order valence-corrected chi connectivity index (χ0v) is 19.7. The average Bonchev–Trinajstić information content (AvgIpc) is 2.89. The molecule has 0 bridgehead atoms. The summed E-state index contributed by atoms with van der Waals surface area (Å²) in [4.78, 5) is 25.7. The van der Waals surface area contributed by atoms with Gasteiger partial charge in [-0.25, -0.2) is 4.98 Å². The quantitative estimate of drug-likeness (QED) is 0.267. The lowest BCUT2D eigenvalue weighted by molar-refractivity contribution is -0.137. The first-order chi connectivity index (χ1) is 17.7. The third kappa shape index (κ3) is 5.72. The summed E-state index contributed by atoms with van der Waals surface area (Å²) in [5.74, 6) is 0.444. The first-order valence-electron chi connectivity index (χ1n) is 11.0. The third-order valence-corrected chi connectivity index (χ3v) is 5.34. The van der Waals surface area contributed by atoms with Crippen LogP contribution in [0.2, 0.25) is 0 Å². The fourth-order valence-corrected chi connectivity index (χ4v) is 3.41. The van der Waals surface area contributed by atoms with Gasteiger partial charge in [0, 0.05) is 42.5 Å². The minimum Gasteiger partial charge on any atom is -0.438 e. The van der Waals surface area contributed by atoms with Crippen LogP contribution in [0.1, 0.15) is 27.0 Å². The second-order valence-corrected chi connectivity index (χ2v) is 7.86. The van der Waals surface area contributed by atoms with Gasteiger partial charge in [0.15, 0.2) is 5.82 Å². The number of aryl methyl sites for hydroxylation is 1. The molecule has 11 heteroatoms. The first-order valence-corrected chi connectivity index (χ1v) is 11.0. The van der Waals surface area contributed by atoms with Crippen molar-refractivity contribution in [1.82, 2.24) is 15.0 Å². The number of anilines is 2. The smallest absolute Gasteiger partial charge is 0.416 e. The van der Waals surface area contributed by atoms with Gasteiger partial charge < -0.3 is 20.8 Å². The summed E-state index contributed by atoms with van der Waals surface area (Å²) in [5, 5.41) is 13.2. The Balaban J connectivity index is 1.66. The molecule has 3 N–H and O–H groups in total. The Labute approximate surface area is 210 Å². The molecule has 0 aliphatic rings. The summed E-state index contributed by atoms with van der Waals surface area (Å²) in [6.45, 7) is 1.76. The average molecular weight is 506 g/mol. The number of pyridine rings is 1. The van der Waals surface area contributed by atoms with Crippen LogP contribution >= 0.6 is 0 Å². The molecular weight excluding hydrogens is 485 g/mol. The van der Waals surface area contributed by atoms with Crippen molar-refractivity contribution in [3.05, 3.63) is 89.2 Å². The van der Waals surface area contributed by atoms with E-state index in [9.17, 15) is 18.0 Å². The fourth-order valence-electron chi connectivity index (χ4n) is 3.41. The molecule has 0 unspecified atom stereocenters. The Morgan fingerprint density at radius 1 is 1.05 bits per heavy atom. The molecule has 188 valence electrons. The number of carbonyl (C=O) groups excluding carboxylic acids is 1. The van der Waals surface area contributed by atoms with Crippen LogP contribution in [-0.2, 0) is 6.18 Å². The van der Waals surface area contributed by atoms with E-state index in [0.717, 1.165) is 18.3 Å². The molecule has 2 heterocycles. The Bertz CT molecular complexity index is 1460. The van der Waals surface area contributed by atoms with Gasteiger partial charge in [0.05, 0.1) is 11.1 Å². The number of rotatable bonds is 7. The number of amides is 1. The molecule has 0 aliphatic heterocycles. The molecule has 0 saturated carbocycles. The lowest BCUT2D eigenvalue weighted by atomic mass is 10.1. The highest BCUT2D eigenvalue weighted by Crippen LogP contribution is 2.33. The molecule has 4 aromatic rings. The van der Waals surface area contributed by atoms with Gasteiger partial charge in [0.1, 0.15) is 11.6 Å². The molecule has 2 aromatic heterocycles. The van der Waals surface area contributed by atoms with E-state index < -0.39 is 17.6 Å². The number of carbonyl (C=O) groups is 1. The molecule has 0 saturated heterocycles. The maximum atomic E-state index is 13.0. The van der Waals surface area contributed by atoms with Gasteiger partial charge in [-0.1, -0.05) is 12.1 Å². The number of ether oxygens (including phenoxy) is 1. The van der Waals surface area contributed by atoms with Crippen LogP contribution in [0.15, 0.2) is 67.0 Å². The van der Waals surface area contributed by atoms with Crippen molar-refractivity contribution in [3.63, 3.8) is 0 Å². The Morgan fingerprint density at radius 2 is 1.81 bits per heavy atom. The highest BCUT2D eigenvalue weighted by molar-refractivity contribution is 6.04. The minimum absolute atomic E-state index is 0.00501. The van der Waals surface area contributed by atoms with Gasteiger partial charge in [-0.3, -0.25) is 9.78 Å². The molecule has 0 atom stereocenters. The number of aromatic nitrogens is 3. The number of nitrogens with one attached hydrogen (secondary N) is 3. The number of halogens is 3. The molecule has 0 spiro atoms. The van der Waals surface area contributed by atoms with Gasteiger partial charge in [-0.05, 0) is 55.0 Å². The van der Waals surface area contributed by atoms with Gasteiger partial charge >= 0.3 is 6.18 Å². The molecule has 0 radical (unpaired) electrons. The maximum absolute atomic E-state index is 13.0. The molecule has 2 aromatic carbocycles. The van der Waals surface area contributed by atoms with E-state index in [2.05, 4.69) is 25.6 Å². The summed E-state index contributed by atoms with van der Waals surface area (Å²) in [7, 11) is 1.65. The third-order valence-electron chi connectivity index (χ3n) is 5.34. The molecule has 0 aliphatic carbocycles. The summed E-state index contributed by atoms with van der Waals surface area (Å²) < 4.78 is 45.1. The van der Waals surface area contributed by atoms with Crippen LogP contribution in [0, 0.1) is 12.3 Å². The van der Waals surface area contributed by atoms with E-state index in [1.165, 1.54) is 24.3 Å². The molecule has 8 nitrogen and oxygen atoms in total. The normalized spacial score (nSPS) is 11.1. The zero-order valence-electron chi connectivity index (χ0n) is 19.7. The van der Waals surface area contributed by atoms with Crippen LogP contribution in [0.4, 0.5) is 24.7 Å². The molecule has 4 rings (SSSR count). The summed E-state index contributed by atoms with van der Waals surface area (Å²) in [6, 6.07) is 12.5. The SMILES string of the molecule is CNc1nc(-c2ccncc2)nc(Oc2cc(C(=O)Nc3cccc(C(F)(F)F)c3)ccc2C)c1C=N. The van der Waals surface area contributed by atoms with Crippen molar-refractivity contribution in [2.75, 3.05) is 17.7 Å². The minimum atomic E-state index is -4.53. The zero-order chi connectivity index (χ0) is 26.6. The van der Waals surface area contributed by atoms with Crippen LogP contribution in [0.25, 0.3) is 11.4 Å². The number of benzene rings is 2. The first kappa shape index (κ1) is 25.3. The molecule has 0 fully saturated rings. The van der Waals surface area contributed by atoms with Crippen LogP contribution in [0.5, 0.6) is 11.6 Å². The summed E-state index contributed by atoms with van der Waals surface area (Å²) in [6.07, 6.45) is -0.285. The Kier molecular flexibility index (Phi) is 7.14. The summed E-state index contributed by atoms with van der Waals surface area (Å²) in [5.41, 5.74) is 0.933. The van der Waals surface area contributed by atoms with E-state index >= 15 is 0 Å². The highest BCUT2D eigenvalue weighted by Gasteiger charge is 2.30. The number of hydrogen-bond acceptors (Lipinski definition) is 7. The second-order valence-electron chi connectivity index (χ2n) is 7.86. The van der Waals surface area contributed by atoms with E-state index in [1.807, 2.05) is 0 Å². The van der Waals surface area contributed by atoms with Crippen molar-refractivity contribution < 1.29 is 22.7 Å². The topological polar surface area (TPSA) is 113 Å². The predicted octanol–water partition coefficient (Wildman–Crippen LogP) is 5.95. The van der Waals surface area contributed by atoms with Gasteiger partial charge in [0.25, 0.3) is 5.91 Å². The predicted molar refractivity (Wildman–Crippen MR) is 133 cm³/mol. The van der Waals surface area contributed by atoms with Crippen LogP contribution in [0.3, 0.4) is 0 Å². The second kappa shape index (κ2) is 10.4. The van der Waals surface area contributed by atoms with Crippen molar-refractivity contribution >= 4 is 23.6 Å². The maximum Gasteiger partial charge on any atom is 0.416 e. The molecule has 1 amide bonds.